The van der Waals surface area contributed by atoms with Crippen molar-refractivity contribution in [2.24, 2.45) is 0 Å². The van der Waals surface area contributed by atoms with Crippen LogP contribution < -0.4 is 4.18 Å². The highest BCUT2D eigenvalue weighted by Gasteiger charge is 2.49. The number of rotatable bonds is 3. The number of aryl methyl sites for hydroxylation is 2. The highest BCUT2D eigenvalue weighted by atomic mass is 32.2. The van der Waals surface area contributed by atoms with Gasteiger partial charge in [0, 0.05) is 5.39 Å². The van der Waals surface area contributed by atoms with E-state index in [1.54, 1.807) is 32.0 Å². The molecule has 0 bridgehead atoms. The lowest BCUT2D eigenvalue weighted by Crippen LogP contribution is -2.28. The third-order valence-electron chi connectivity index (χ3n) is 3.40. The van der Waals surface area contributed by atoms with Crippen molar-refractivity contribution in [3.8, 4) is 5.75 Å². The summed E-state index contributed by atoms with van der Waals surface area (Å²) in [6, 6.07) is 6.86. The van der Waals surface area contributed by atoms with E-state index in [0.29, 0.717) is 28.3 Å². The molecule has 0 heterocycles. The van der Waals surface area contributed by atoms with Crippen molar-refractivity contribution in [1.82, 2.24) is 0 Å². The Labute approximate surface area is 126 Å². The average Bonchev–Trinajstić information content (AvgIpc) is 2.36. The zero-order valence-electron chi connectivity index (χ0n) is 12.3. The number of fused-ring (bicyclic) bond motifs is 1. The summed E-state index contributed by atoms with van der Waals surface area (Å²) < 4.78 is 65.0. The van der Waals surface area contributed by atoms with Crippen LogP contribution in [0.3, 0.4) is 0 Å². The molecule has 0 fully saturated rings. The molecule has 22 heavy (non-hydrogen) atoms. The molecule has 0 unspecified atom stereocenters. The lowest BCUT2D eigenvalue weighted by molar-refractivity contribution is -0.0499. The zero-order valence-corrected chi connectivity index (χ0v) is 13.1. The van der Waals surface area contributed by atoms with Crippen molar-refractivity contribution in [3.63, 3.8) is 0 Å². The summed E-state index contributed by atoms with van der Waals surface area (Å²) in [5.74, 6) is -0.241. The summed E-state index contributed by atoms with van der Waals surface area (Å²) in [5, 5.41) is 0.989. The lowest BCUT2D eigenvalue weighted by Gasteiger charge is -2.17. The molecule has 0 spiro atoms. The predicted octanol–water partition coefficient (Wildman–Crippen LogP) is 4.25. The maximum atomic E-state index is 12.6. The molecule has 2 aromatic carbocycles. The highest BCUT2D eigenvalue weighted by molar-refractivity contribution is 7.88. The molecular weight excluding hydrogens is 317 g/mol. The second-order valence-electron chi connectivity index (χ2n) is 5.06. The van der Waals surface area contributed by atoms with Crippen LogP contribution in [0, 0.1) is 13.8 Å². The van der Waals surface area contributed by atoms with E-state index in [-0.39, 0.29) is 5.75 Å². The van der Waals surface area contributed by atoms with Crippen molar-refractivity contribution in [1.29, 1.82) is 0 Å². The van der Waals surface area contributed by atoms with Gasteiger partial charge in [-0.25, -0.2) is 0 Å². The van der Waals surface area contributed by atoms with E-state index in [1.807, 2.05) is 13.0 Å². The molecule has 0 aliphatic carbocycles. The number of alkyl halides is 3. The van der Waals surface area contributed by atoms with Gasteiger partial charge in [-0.1, -0.05) is 36.8 Å². The maximum absolute atomic E-state index is 12.6. The second-order valence-corrected chi connectivity index (χ2v) is 6.60. The largest absolute Gasteiger partial charge is 0.534 e. The van der Waals surface area contributed by atoms with Crippen LogP contribution >= 0.6 is 0 Å². The number of halogens is 3. The Balaban J connectivity index is 2.75. The van der Waals surface area contributed by atoms with Crippen LogP contribution in [0.5, 0.6) is 5.75 Å². The SMILES string of the molecule is CCc1c(C)cc2cc(C)ccc2c1OS(=O)(=O)C(F)(F)F. The molecule has 0 amide bonds. The smallest absolute Gasteiger partial charge is 0.375 e. The van der Waals surface area contributed by atoms with Crippen molar-refractivity contribution < 1.29 is 25.8 Å². The summed E-state index contributed by atoms with van der Waals surface area (Å²) in [7, 11) is -5.70. The Morgan fingerprint density at radius 3 is 2.32 bits per heavy atom. The first kappa shape index (κ1) is 16.6. The fourth-order valence-electron chi connectivity index (χ4n) is 2.36. The average molecular weight is 332 g/mol. The number of hydrogen-bond donors (Lipinski definition) is 0. The van der Waals surface area contributed by atoms with Gasteiger partial charge in [0.25, 0.3) is 0 Å². The summed E-state index contributed by atoms with van der Waals surface area (Å²) in [5.41, 5.74) is -3.41. The molecule has 0 aliphatic heterocycles. The Bertz CT molecular complexity index is 824. The molecule has 0 aliphatic rings. The van der Waals surface area contributed by atoms with Crippen molar-refractivity contribution >= 4 is 20.9 Å². The van der Waals surface area contributed by atoms with Crippen molar-refractivity contribution in [2.75, 3.05) is 0 Å². The quantitative estimate of drug-likeness (QED) is 0.623. The Morgan fingerprint density at radius 2 is 1.77 bits per heavy atom. The van der Waals surface area contributed by atoms with Gasteiger partial charge in [-0.15, -0.1) is 0 Å². The molecule has 0 N–H and O–H groups in total. The Kier molecular flexibility index (Phi) is 4.12. The fraction of sp³-hybridized carbons (Fsp3) is 0.333. The molecule has 0 radical (unpaired) electrons. The Hall–Kier alpha value is -1.76. The third-order valence-corrected chi connectivity index (χ3v) is 4.36. The predicted molar refractivity (Wildman–Crippen MR) is 78.4 cm³/mol. The van der Waals surface area contributed by atoms with E-state index in [9.17, 15) is 21.6 Å². The molecule has 2 rings (SSSR count). The van der Waals surface area contributed by atoms with Crippen LogP contribution in [-0.4, -0.2) is 13.9 Å². The number of hydrogen-bond acceptors (Lipinski definition) is 3. The second kappa shape index (κ2) is 5.46. The van der Waals surface area contributed by atoms with Crippen LogP contribution in [0.4, 0.5) is 13.2 Å². The van der Waals surface area contributed by atoms with E-state index < -0.39 is 15.6 Å². The van der Waals surface area contributed by atoms with Gasteiger partial charge in [0.15, 0.2) is 5.75 Å². The zero-order chi connectivity index (χ0) is 16.7. The number of benzene rings is 2. The maximum Gasteiger partial charge on any atom is 0.534 e. The standard InChI is InChI=1S/C15H15F3O3S/c1-4-12-10(3)8-11-7-9(2)5-6-13(11)14(12)21-22(19,20)15(16,17)18/h5-8H,4H2,1-3H3. The monoisotopic (exact) mass is 332 g/mol. The highest BCUT2D eigenvalue weighted by Crippen LogP contribution is 2.37. The normalized spacial score (nSPS) is 12.6. The molecule has 7 heteroatoms. The van der Waals surface area contributed by atoms with Gasteiger partial charge >= 0.3 is 15.6 Å². The minimum Gasteiger partial charge on any atom is -0.375 e. The van der Waals surface area contributed by atoms with Gasteiger partial charge in [0.05, 0.1) is 0 Å². The summed E-state index contributed by atoms with van der Waals surface area (Å²) >= 11 is 0. The molecule has 2 aromatic rings. The molecule has 120 valence electrons. The molecule has 0 aromatic heterocycles. The first-order valence-corrected chi connectivity index (χ1v) is 8.01. The lowest BCUT2D eigenvalue weighted by atomic mass is 9.97. The first-order chi connectivity index (χ1) is 10.1. The van der Waals surface area contributed by atoms with Gasteiger partial charge in [0.2, 0.25) is 0 Å². The molecule has 3 nitrogen and oxygen atoms in total. The summed E-state index contributed by atoms with van der Waals surface area (Å²) in [6.07, 6.45) is 0.359. The molecule has 0 atom stereocenters. The van der Waals surface area contributed by atoms with Gasteiger partial charge < -0.3 is 4.18 Å². The van der Waals surface area contributed by atoms with Crippen molar-refractivity contribution in [2.45, 2.75) is 32.7 Å². The van der Waals surface area contributed by atoms with Crippen molar-refractivity contribution in [3.05, 3.63) is 41.0 Å². The van der Waals surface area contributed by atoms with E-state index in [4.69, 9.17) is 0 Å². The van der Waals surface area contributed by atoms with Gasteiger partial charge in [-0.2, -0.15) is 21.6 Å². The van der Waals surface area contributed by atoms with Gasteiger partial charge in [-0.3, -0.25) is 0 Å². The molecule has 0 saturated carbocycles. The van der Waals surface area contributed by atoms with E-state index >= 15 is 0 Å². The molecule has 0 saturated heterocycles. The fourth-order valence-corrected chi connectivity index (χ4v) is 2.87. The van der Waals surface area contributed by atoms with Crippen LogP contribution in [-0.2, 0) is 16.5 Å². The van der Waals surface area contributed by atoms with Crippen LogP contribution in [0.1, 0.15) is 23.6 Å². The van der Waals surface area contributed by atoms with E-state index in [0.717, 1.165) is 5.56 Å². The minimum absolute atomic E-state index is 0.241. The first-order valence-electron chi connectivity index (χ1n) is 6.60. The summed E-state index contributed by atoms with van der Waals surface area (Å²) in [4.78, 5) is 0. The topological polar surface area (TPSA) is 43.4 Å². The Morgan fingerprint density at radius 1 is 1.14 bits per heavy atom. The van der Waals surface area contributed by atoms with Gasteiger partial charge in [-0.05, 0) is 36.8 Å². The van der Waals surface area contributed by atoms with E-state index in [1.165, 1.54) is 0 Å². The van der Waals surface area contributed by atoms with Crippen LogP contribution in [0.2, 0.25) is 0 Å². The third kappa shape index (κ3) is 2.90. The van der Waals surface area contributed by atoms with Gasteiger partial charge in [0.1, 0.15) is 0 Å². The van der Waals surface area contributed by atoms with Crippen LogP contribution in [0.15, 0.2) is 24.3 Å². The van der Waals surface area contributed by atoms with Crippen LogP contribution in [0.25, 0.3) is 10.8 Å². The minimum atomic E-state index is -5.70. The summed E-state index contributed by atoms with van der Waals surface area (Å²) in [6.45, 7) is 5.29. The van der Waals surface area contributed by atoms with E-state index in [2.05, 4.69) is 4.18 Å². The molecular formula is C15H15F3O3S.